The monoisotopic (exact) mass is 644 g/mol. The summed E-state index contributed by atoms with van der Waals surface area (Å²) in [7, 11) is 0. The Morgan fingerprint density at radius 2 is 1.71 bits per heavy atom. The molecule has 4 N–H and O–H groups in total. The third-order valence-electron chi connectivity index (χ3n) is 8.45. The summed E-state index contributed by atoms with van der Waals surface area (Å²) in [5, 5.41) is 16.8. The van der Waals surface area contributed by atoms with Gasteiger partial charge < -0.3 is 30.3 Å². The Labute approximate surface area is 277 Å². The summed E-state index contributed by atoms with van der Waals surface area (Å²) in [6, 6.07) is 13.4. The highest BCUT2D eigenvalue weighted by atomic mass is 16.2. The Hall–Kier alpha value is -6.16. The topological polar surface area (TPSA) is 153 Å². The molecule has 0 aliphatic carbocycles. The van der Waals surface area contributed by atoms with Crippen molar-refractivity contribution in [3.8, 4) is 18.2 Å². The highest BCUT2D eigenvalue weighted by Gasteiger charge is 2.21. The summed E-state index contributed by atoms with van der Waals surface area (Å²) in [6.45, 7) is 8.22. The molecule has 13 heteroatoms. The van der Waals surface area contributed by atoms with Gasteiger partial charge in [-0.2, -0.15) is 15.1 Å². The van der Waals surface area contributed by atoms with Crippen molar-refractivity contribution in [1.29, 1.82) is 0 Å². The Kier molecular flexibility index (Phi) is 9.06. The van der Waals surface area contributed by atoms with Crippen LogP contribution < -0.4 is 20.9 Å². The molecule has 6 rings (SSSR count). The number of aromatic nitrogens is 5. The summed E-state index contributed by atoms with van der Waals surface area (Å²) in [6.07, 6.45) is 12.1. The minimum Gasteiger partial charge on any atom is -0.368 e. The van der Waals surface area contributed by atoms with E-state index in [4.69, 9.17) is 11.4 Å². The molecule has 3 aromatic heterocycles. The first-order chi connectivity index (χ1) is 23.3. The second-order valence-corrected chi connectivity index (χ2v) is 11.4. The Morgan fingerprint density at radius 1 is 0.958 bits per heavy atom. The van der Waals surface area contributed by atoms with Gasteiger partial charge in [0.05, 0.1) is 28.5 Å². The number of carbonyl (C=O) groups excluding carboxylic acids is 3. The van der Waals surface area contributed by atoms with Crippen LogP contribution in [0.4, 0.5) is 28.7 Å². The first-order valence-electron chi connectivity index (χ1n) is 15.8. The minimum absolute atomic E-state index is 0.0486. The summed E-state index contributed by atoms with van der Waals surface area (Å²) in [5.74, 6) is 2.04. The van der Waals surface area contributed by atoms with E-state index in [0.29, 0.717) is 60.0 Å². The van der Waals surface area contributed by atoms with Crippen LogP contribution in [0.5, 0.6) is 0 Å². The van der Waals surface area contributed by atoms with Crippen molar-refractivity contribution in [2.75, 3.05) is 47.0 Å². The number of rotatable bonds is 9. The molecule has 2 aromatic carbocycles. The van der Waals surface area contributed by atoms with Crippen LogP contribution in [0.15, 0.2) is 61.1 Å². The number of benzene rings is 2. The van der Waals surface area contributed by atoms with Crippen molar-refractivity contribution >= 4 is 57.5 Å². The number of nitrogens with zero attached hydrogens (tertiary/aromatic N) is 6. The Morgan fingerprint density at radius 3 is 2.40 bits per heavy atom. The number of terminal acetylenes is 1. The summed E-state index contributed by atoms with van der Waals surface area (Å²) < 4.78 is 1.75. The van der Waals surface area contributed by atoms with Crippen LogP contribution in [0.25, 0.3) is 16.9 Å². The number of anilines is 5. The number of nitrogens with one attached hydrogen (secondary N) is 4. The lowest BCUT2D eigenvalue weighted by Crippen LogP contribution is -2.48. The molecule has 0 radical (unpaired) electrons. The van der Waals surface area contributed by atoms with E-state index in [1.807, 2.05) is 41.3 Å². The summed E-state index contributed by atoms with van der Waals surface area (Å²) in [5.41, 5.74) is 5.77. The average Bonchev–Trinajstić information content (AvgIpc) is 3.79. The smallest absolute Gasteiger partial charge is 0.300 e. The highest BCUT2D eigenvalue weighted by Crippen LogP contribution is 2.31. The van der Waals surface area contributed by atoms with Gasteiger partial charge in [-0.1, -0.05) is 32.0 Å². The SMILES string of the molecule is C#CC(=O)Nc1cc(N2CCN(C(C)=O)CC2)ccc1Nc1nc(-n2ccc(C(=O)Nc3c(CC)cccc3CC)c2)c2cn[nH]c2n1. The van der Waals surface area contributed by atoms with E-state index >= 15 is 0 Å². The molecule has 1 fully saturated rings. The molecule has 0 atom stereocenters. The van der Waals surface area contributed by atoms with Crippen molar-refractivity contribution in [2.45, 2.75) is 33.6 Å². The zero-order valence-corrected chi connectivity index (χ0v) is 27.0. The van der Waals surface area contributed by atoms with E-state index in [0.717, 1.165) is 35.3 Å². The molecule has 13 nitrogen and oxygen atoms in total. The maximum Gasteiger partial charge on any atom is 0.300 e. The van der Waals surface area contributed by atoms with E-state index in [9.17, 15) is 14.4 Å². The van der Waals surface area contributed by atoms with Gasteiger partial charge in [-0.3, -0.25) is 19.5 Å². The Bertz CT molecular complexity index is 2030. The molecule has 0 saturated carbocycles. The maximum absolute atomic E-state index is 13.4. The lowest BCUT2D eigenvalue weighted by molar-refractivity contribution is -0.129. The molecule has 0 unspecified atom stereocenters. The zero-order chi connectivity index (χ0) is 33.8. The van der Waals surface area contributed by atoms with E-state index < -0.39 is 5.91 Å². The lowest BCUT2D eigenvalue weighted by Gasteiger charge is -2.36. The van der Waals surface area contributed by atoms with Crippen LogP contribution in [0.2, 0.25) is 0 Å². The number of carbonyl (C=O) groups is 3. The number of amides is 3. The standard InChI is InChI=1S/C35H36N10O3/c1-5-23-9-8-10-24(6-2)31(23)39-34(48)25-13-14-45(21-25)33-27-20-36-42-32(27)40-35(41-33)38-28-12-11-26(19-29(28)37-30(47)7-3)44-17-15-43(16-18-44)22(4)46/h3,8-14,19-21H,5-6,15-18H2,1-2,4H3,(H,37,47)(H,39,48)(H2,36,38,40,41,42). The third-order valence-corrected chi connectivity index (χ3v) is 8.45. The number of hydrogen-bond donors (Lipinski definition) is 4. The molecular formula is C35H36N10O3. The predicted octanol–water partition coefficient (Wildman–Crippen LogP) is 4.50. The average molecular weight is 645 g/mol. The maximum atomic E-state index is 13.4. The first kappa shape index (κ1) is 31.8. The number of para-hydroxylation sites is 1. The number of fused-ring (bicyclic) bond motifs is 1. The molecule has 0 bridgehead atoms. The molecular weight excluding hydrogens is 608 g/mol. The summed E-state index contributed by atoms with van der Waals surface area (Å²) >= 11 is 0. The van der Waals surface area contributed by atoms with Gasteiger partial charge in [0.1, 0.15) is 0 Å². The van der Waals surface area contributed by atoms with Crippen LogP contribution in [-0.4, -0.2) is 73.5 Å². The van der Waals surface area contributed by atoms with Crippen LogP contribution in [0.1, 0.15) is 42.3 Å². The van der Waals surface area contributed by atoms with Crippen LogP contribution in [-0.2, 0) is 22.4 Å². The number of aromatic amines is 1. The molecule has 3 amide bonds. The van der Waals surface area contributed by atoms with Gasteiger partial charge in [-0.15, -0.1) is 6.42 Å². The van der Waals surface area contributed by atoms with Gasteiger partial charge in [0.15, 0.2) is 11.5 Å². The number of piperazine rings is 1. The first-order valence-corrected chi connectivity index (χ1v) is 15.8. The van der Waals surface area contributed by atoms with Crippen molar-refractivity contribution in [3.63, 3.8) is 0 Å². The predicted molar refractivity (Wildman–Crippen MR) is 186 cm³/mol. The quantitative estimate of drug-likeness (QED) is 0.171. The largest absolute Gasteiger partial charge is 0.368 e. The molecule has 1 aliphatic rings. The highest BCUT2D eigenvalue weighted by molar-refractivity contribution is 6.06. The van der Waals surface area contributed by atoms with E-state index in [1.165, 1.54) is 0 Å². The second kappa shape index (κ2) is 13.7. The molecule has 244 valence electrons. The fourth-order valence-electron chi connectivity index (χ4n) is 5.82. The van der Waals surface area contributed by atoms with E-state index in [1.54, 1.807) is 36.1 Å². The number of hydrogen-bond acceptors (Lipinski definition) is 8. The minimum atomic E-state index is -0.604. The summed E-state index contributed by atoms with van der Waals surface area (Å²) in [4.78, 5) is 50.8. The van der Waals surface area contributed by atoms with Gasteiger partial charge in [0, 0.05) is 56.9 Å². The fraction of sp³-hybridized carbons (Fsp3) is 0.257. The molecule has 1 aliphatic heterocycles. The van der Waals surface area contributed by atoms with Gasteiger partial charge in [0.25, 0.3) is 11.8 Å². The van der Waals surface area contributed by atoms with Gasteiger partial charge in [0.2, 0.25) is 11.9 Å². The van der Waals surface area contributed by atoms with Crippen molar-refractivity contribution < 1.29 is 14.4 Å². The van der Waals surface area contributed by atoms with Gasteiger partial charge in [-0.25, -0.2) is 0 Å². The van der Waals surface area contributed by atoms with E-state index in [2.05, 4.69) is 55.8 Å². The molecule has 48 heavy (non-hydrogen) atoms. The molecule has 4 heterocycles. The van der Waals surface area contributed by atoms with Gasteiger partial charge >= 0.3 is 0 Å². The van der Waals surface area contributed by atoms with Crippen molar-refractivity contribution in [1.82, 2.24) is 29.6 Å². The number of aryl methyl sites for hydroxylation is 2. The Balaban J connectivity index is 1.28. The normalized spacial score (nSPS) is 12.9. The second-order valence-electron chi connectivity index (χ2n) is 11.4. The van der Waals surface area contributed by atoms with Crippen molar-refractivity contribution in [2.24, 2.45) is 0 Å². The van der Waals surface area contributed by atoms with Crippen LogP contribution in [0, 0.1) is 12.3 Å². The van der Waals surface area contributed by atoms with Crippen molar-refractivity contribution in [3.05, 3.63) is 77.7 Å². The van der Waals surface area contributed by atoms with Crippen LogP contribution >= 0.6 is 0 Å². The molecule has 5 aromatic rings. The van der Waals surface area contributed by atoms with Crippen LogP contribution in [0.3, 0.4) is 0 Å². The fourth-order valence-corrected chi connectivity index (χ4v) is 5.82. The zero-order valence-electron chi connectivity index (χ0n) is 27.0. The van der Waals surface area contributed by atoms with Gasteiger partial charge in [-0.05, 0) is 54.2 Å². The van der Waals surface area contributed by atoms with E-state index in [-0.39, 0.29) is 17.8 Å². The lowest BCUT2D eigenvalue weighted by atomic mass is 10.0. The number of H-pyrrole nitrogens is 1. The molecule has 1 saturated heterocycles. The molecule has 0 spiro atoms. The third kappa shape index (κ3) is 6.54.